The number of primary amides is 1. The van der Waals surface area contributed by atoms with Gasteiger partial charge in [-0.2, -0.15) is 0 Å². The molecule has 3 N–H and O–H groups in total. The summed E-state index contributed by atoms with van der Waals surface area (Å²) in [6.07, 6.45) is 0.478. The minimum Gasteiger partial charge on any atom is -0.396 e. The number of urea groups is 1. The highest BCUT2D eigenvalue weighted by atomic mass is 16.3. The standard InChI is InChI=1S/C16H18N2O2/c1-12-6-2-4-8-14(12)18(16(17)20)15-9-5-3-7-13(15)10-11-19/h2-9,19H,10-11H2,1H3,(H2,17,20). The SMILES string of the molecule is Cc1ccccc1N(C(N)=O)c1ccccc1CCO. The number of aliphatic hydroxyl groups excluding tert-OH is 1. The van der Waals surface area contributed by atoms with Crippen LogP contribution in [-0.2, 0) is 6.42 Å². The van der Waals surface area contributed by atoms with Crippen molar-refractivity contribution >= 4 is 17.4 Å². The van der Waals surface area contributed by atoms with Crippen LogP contribution in [0.5, 0.6) is 0 Å². The van der Waals surface area contributed by atoms with E-state index in [1.807, 2.05) is 55.5 Å². The first kappa shape index (κ1) is 14.1. The van der Waals surface area contributed by atoms with Crippen molar-refractivity contribution in [2.45, 2.75) is 13.3 Å². The molecule has 0 aliphatic rings. The van der Waals surface area contributed by atoms with Crippen LogP contribution in [0.4, 0.5) is 16.2 Å². The summed E-state index contributed by atoms with van der Waals surface area (Å²) < 4.78 is 0. The molecular weight excluding hydrogens is 252 g/mol. The second kappa shape index (κ2) is 6.21. The summed E-state index contributed by atoms with van der Waals surface area (Å²) in [4.78, 5) is 13.4. The number of nitrogens with zero attached hydrogens (tertiary/aromatic N) is 1. The number of benzene rings is 2. The van der Waals surface area contributed by atoms with Crippen molar-refractivity contribution in [2.75, 3.05) is 11.5 Å². The van der Waals surface area contributed by atoms with Crippen molar-refractivity contribution in [3.05, 3.63) is 59.7 Å². The van der Waals surface area contributed by atoms with Crippen LogP contribution in [0.3, 0.4) is 0 Å². The van der Waals surface area contributed by atoms with E-state index in [4.69, 9.17) is 10.8 Å². The van der Waals surface area contributed by atoms with Crippen LogP contribution in [0.2, 0.25) is 0 Å². The van der Waals surface area contributed by atoms with Gasteiger partial charge in [-0.05, 0) is 36.6 Å². The van der Waals surface area contributed by atoms with Crippen LogP contribution in [0.25, 0.3) is 0 Å². The predicted octanol–water partition coefficient (Wildman–Crippen LogP) is 2.75. The van der Waals surface area contributed by atoms with E-state index in [0.29, 0.717) is 12.1 Å². The molecule has 0 aromatic heterocycles. The van der Waals surface area contributed by atoms with Gasteiger partial charge in [0.2, 0.25) is 0 Å². The van der Waals surface area contributed by atoms with Crippen LogP contribution in [0, 0.1) is 6.92 Å². The number of aryl methyl sites for hydroxylation is 1. The summed E-state index contributed by atoms with van der Waals surface area (Å²) in [5.41, 5.74) is 8.87. The van der Waals surface area contributed by atoms with Gasteiger partial charge in [-0.25, -0.2) is 4.79 Å². The van der Waals surface area contributed by atoms with E-state index >= 15 is 0 Å². The number of carbonyl (C=O) groups excluding carboxylic acids is 1. The average molecular weight is 270 g/mol. The molecule has 0 aliphatic carbocycles. The molecule has 4 heteroatoms. The molecular formula is C16H18N2O2. The number of aliphatic hydroxyl groups is 1. The molecule has 2 amide bonds. The lowest BCUT2D eigenvalue weighted by Crippen LogP contribution is -2.32. The molecule has 0 aliphatic heterocycles. The van der Waals surface area contributed by atoms with E-state index in [1.165, 1.54) is 4.90 Å². The molecule has 2 aromatic rings. The Morgan fingerprint density at radius 3 is 2.30 bits per heavy atom. The molecule has 0 radical (unpaired) electrons. The minimum absolute atomic E-state index is 0.0252. The van der Waals surface area contributed by atoms with Gasteiger partial charge in [-0.3, -0.25) is 4.90 Å². The molecule has 20 heavy (non-hydrogen) atoms. The van der Waals surface area contributed by atoms with Gasteiger partial charge >= 0.3 is 6.03 Å². The summed E-state index contributed by atoms with van der Waals surface area (Å²) in [6.45, 7) is 1.96. The number of nitrogens with two attached hydrogens (primary N) is 1. The smallest absolute Gasteiger partial charge is 0.323 e. The topological polar surface area (TPSA) is 66.6 Å². The molecule has 0 unspecified atom stereocenters. The second-order valence-electron chi connectivity index (χ2n) is 4.56. The molecule has 4 nitrogen and oxygen atoms in total. The first-order valence-electron chi connectivity index (χ1n) is 6.49. The first-order chi connectivity index (χ1) is 9.65. The number of amides is 2. The third-order valence-corrected chi connectivity index (χ3v) is 3.19. The summed E-state index contributed by atoms with van der Waals surface area (Å²) in [6, 6.07) is 14.5. The van der Waals surface area contributed by atoms with Crippen LogP contribution >= 0.6 is 0 Å². The Kier molecular flexibility index (Phi) is 4.38. The number of hydrogen-bond acceptors (Lipinski definition) is 2. The largest absolute Gasteiger partial charge is 0.396 e. The summed E-state index contributed by atoms with van der Waals surface area (Å²) in [5.74, 6) is 0. The monoisotopic (exact) mass is 270 g/mol. The van der Waals surface area contributed by atoms with Crippen LogP contribution in [0.1, 0.15) is 11.1 Å². The Labute approximate surface area is 118 Å². The maximum atomic E-state index is 11.9. The molecule has 2 aromatic carbocycles. The van der Waals surface area contributed by atoms with Gasteiger partial charge in [-0.1, -0.05) is 36.4 Å². The first-order valence-corrected chi connectivity index (χ1v) is 6.49. The van der Waals surface area contributed by atoms with Gasteiger partial charge < -0.3 is 10.8 Å². The van der Waals surface area contributed by atoms with Crippen molar-refractivity contribution in [1.29, 1.82) is 0 Å². The zero-order chi connectivity index (χ0) is 14.5. The van der Waals surface area contributed by atoms with Crippen LogP contribution in [-0.4, -0.2) is 17.7 Å². The highest BCUT2D eigenvalue weighted by Crippen LogP contribution is 2.30. The molecule has 0 spiro atoms. The molecule has 0 saturated heterocycles. The maximum absolute atomic E-state index is 11.9. The van der Waals surface area contributed by atoms with E-state index in [1.54, 1.807) is 0 Å². The summed E-state index contributed by atoms with van der Waals surface area (Å²) in [5, 5.41) is 9.15. The fourth-order valence-corrected chi connectivity index (χ4v) is 2.24. The lowest BCUT2D eigenvalue weighted by molar-refractivity contribution is 0.256. The number of carbonyl (C=O) groups is 1. The van der Waals surface area contributed by atoms with Crippen LogP contribution in [0.15, 0.2) is 48.5 Å². The zero-order valence-electron chi connectivity index (χ0n) is 11.4. The molecule has 0 fully saturated rings. The van der Waals surface area contributed by atoms with Gasteiger partial charge in [0.25, 0.3) is 0 Å². The molecule has 2 rings (SSSR count). The van der Waals surface area contributed by atoms with Gasteiger partial charge in [0.15, 0.2) is 0 Å². The lowest BCUT2D eigenvalue weighted by atomic mass is 10.1. The van der Waals surface area contributed by atoms with Crippen LogP contribution < -0.4 is 10.6 Å². The second-order valence-corrected chi connectivity index (χ2v) is 4.56. The van der Waals surface area contributed by atoms with Crippen molar-refractivity contribution in [3.63, 3.8) is 0 Å². The van der Waals surface area contributed by atoms with Gasteiger partial charge in [0.1, 0.15) is 0 Å². The number of anilines is 2. The van der Waals surface area contributed by atoms with E-state index in [2.05, 4.69) is 0 Å². The highest BCUT2D eigenvalue weighted by molar-refractivity contribution is 5.99. The van der Waals surface area contributed by atoms with Crippen molar-refractivity contribution in [3.8, 4) is 0 Å². The van der Waals surface area contributed by atoms with Gasteiger partial charge in [-0.15, -0.1) is 0 Å². The third-order valence-electron chi connectivity index (χ3n) is 3.19. The Bertz CT molecular complexity index is 611. The van der Waals surface area contributed by atoms with Gasteiger partial charge in [0, 0.05) is 6.61 Å². The Morgan fingerprint density at radius 1 is 1.10 bits per heavy atom. The molecule has 104 valence electrons. The Morgan fingerprint density at radius 2 is 1.70 bits per heavy atom. The molecule has 0 bridgehead atoms. The lowest BCUT2D eigenvalue weighted by Gasteiger charge is -2.24. The van der Waals surface area contributed by atoms with E-state index in [9.17, 15) is 4.79 Å². The zero-order valence-corrected chi connectivity index (χ0v) is 11.4. The predicted molar refractivity (Wildman–Crippen MR) is 80.1 cm³/mol. The number of hydrogen-bond donors (Lipinski definition) is 2. The molecule has 0 atom stereocenters. The summed E-state index contributed by atoms with van der Waals surface area (Å²) in [7, 11) is 0. The molecule has 0 saturated carbocycles. The quantitative estimate of drug-likeness (QED) is 0.897. The van der Waals surface area contributed by atoms with E-state index < -0.39 is 6.03 Å². The highest BCUT2D eigenvalue weighted by Gasteiger charge is 2.19. The average Bonchev–Trinajstić information content (AvgIpc) is 2.43. The number of para-hydroxylation sites is 2. The fraction of sp³-hybridized carbons (Fsp3) is 0.188. The summed E-state index contributed by atoms with van der Waals surface area (Å²) >= 11 is 0. The third kappa shape index (κ3) is 2.81. The Hall–Kier alpha value is -2.33. The molecule has 0 heterocycles. The maximum Gasteiger partial charge on any atom is 0.323 e. The van der Waals surface area contributed by atoms with E-state index in [0.717, 1.165) is 16.8 Å². The van der Waals surface area contributed by atoms with Crippen molar-refractivity contribution in [2.24, 2.45) is 5.73 Å². The fourth-order valence-electron chi connectivity index (χ4n) is 2.24. The van der Waals surface area contributed by atoms with Gasteiger partial charge in [0.05, 0.1) is 11.4 Å². The van der Waals surface area contributed by atoms with Crippen molar-refractivity contribution in [1.82, 2.24) is 0 Å². The van der Waals surface area contributed by atoms with Crippen molar-refractivity contribution < 1.29 is 9.90 Å². The normalized spacial score (nSPS) is 10.3. The number of rotatable bonds is 4. The Balaban J connectivity index is 2.55. The minimum atomic E-state index is -0.537. The van der Waals surface area contributed by atoms with E-state index in [-0.39, 0.29) is 6.61 Å².